The third kappa shape index (κ3) is 2.48. The van der Waals surface area contributed by atoms with Crippen LogP contribution in [0.5, 0.6) is 5.75 Å². The van der Waals surface area contributed by atoms with E-state index in [2.05, 4.69) is 6.58 Å². The lowest BCUT2D eigenvalue weighted by molar-refractivity contribution is 0.440. The number of ether oxygens (including phenoxy) is 1. The summed E-state index contributed by atoms with van der Waals surface area (Å²) >= 11 is 0. The third-order valence-electron chi connectivity index (χ3n) is 1.81. The Kier molecular flexibility index (Phi) is 3.32. The predicted octanol–water partition coefficient (Wildman–Crippen LogP) is 3.46. The Labute approximate surface area is 79.4 Å². The fraction of sp³-hybridized carbons (Fsp3) is 0.167. The highest BCUT2D eigenvalue weighted by Crippen LogP contribution is 2.19. The summed E-state index contributed by atoms with van der Waals surface area (Å²) < 4.78 is 5.59. The fourth-order valence-electron chi connectivity index (χ4n) is 1.02. The number of hydrogen-bond donors (Lipinski definition) is 0. The molecule has 1 rings (SSSR count). The Bertz CT molecular complexity index is 324. The number of hydrogen-bond acceptors (Lipinski definition) is 1. The summed E-state index contributed by atoms with van der Waals surface area (Å²) in [7, 11) is 0. The Hall–Kier alpha value is -1.50. The van der Waals surface area contributed by atoms with Crippen molar-refractivity contribution in [3.8, 4) is 5.75 Å². The molecule has 0 fully saturated rings. The minimum Gasteiger partial charge on any atom is -0.457 e. The fourth-order valence-corrected chi connectivity index (χ4v) is 1.02. The van der Waals surface area contributed by atoms with Crippen molar-refractivity contribution in [2.75, 3.05) is 0 Å². The topological polar surface area (TPSA) is 9.23 Å². The van der Waals surface area contributed by atoms with Crippen molar-refractivity contribution < 1.29 is 4.74 Å². The molecule has 0 amide bonds. The molecule has 68 valence electrons. The summed E-state index contributed by atoms with van der Waals surface area (Å²) in [5.41, 5.74) is 1.13. The summed E-state index contributed by atoms with van der Waals surface area (Å²) in [6.45, 7) is 7.61. The standard InChI is InChI=1S/C12H14O/c1-4-11(5-2)13-12-9-7-6-8-10(12)3/h4-9H,1H2,2-3H3/b11-5+. The summed E-state index contributed by atoms with van der Waals surface area (Å²) in [6, 6.07) is 7.91. The monoisotopic (exact) mass is 174 g/mol. The first-order valence-corrected chi connectivity index (χ1v) is 4.30. The first-order valence-electron chi connectivity index (χ1n) is 4.30. The molecule has 1 aromatic carbocycles. The lowest BCUT2D eigenvalue weighted by Gasteiger charge is -2.07. The van der Waals surface area contributed by atoms with E-state index in [0.29, 0.717) is 0 Å². The van der Waals surface area contributed by atoms with Crippen molar-refractivity contribution >= 4 is 0 Å². The largest absolute Gasteiger partial charge is 0.457 e. The SMILES string of the molecule is C=C/C(=C\C)Oc1ccccc1C. The van der Waals surface area contributed by atoms with Gasteiger partial charge in [0.2, 0.25) is 0 Å². The van der Waals surface area contributed by atoms with Crippen LogP contribution in [-0.4, -0.2) is 0 Å². The highest BCUT2D eigenvalue weighted by atomic mass is 16.5. The van der Waals surface area contributed by atoms with Gasteiger partial charge in [-0.15, -0.1) is 0 Å². The summed E-state index contributed by atoms with van der Waals surface area (Å²) in [6.07, 6.45) is 3.59. The molecule has 0 unspecified atom stereocenters. The number of rotatable bonds is 3. The maximum Gasteiger partial charge on any atom is 0.130 e. The molecule has 0 heterocycles. The zero-order valence-electron chi connectivity index (χ0n) is 8.08. The van der Waals surface area contributed by atoms with Gasteiger partial charge in [-0.3, -0.25) is 0 Å². The first-order chi connectivity index (χ1) is 6.27. The van der Waals surface area contributed by atoms with Crippen LogP contribution in [0.2, 0.25) is 0 Å². The molecule has 1 aromatic rings. The molecule has 0 aliphatic carbocycles. The molecule has 0 radical (unpaired) electrons. The van der Waals surface area contributed by atoms with Gasteiger partial charge in [-0.05, 0) is 37.6 Å². The van der Waals surface area contributed by atoms with Crippen LogP contribution in [0, 0.1) is 6.92 Å². The molecule has 1 nitrogen and oxygen atoms in total. The van der Waals surface area contributed by atoms with E-state index in [1.807, 2.05) is 44.2 Å². The highest BCUT2D eigenvalue weighted by molar-refractivity contribution is 5.34. The number of aryl methyl sites for hydroxylation is 1. The smallest absolute Gasteiger partial charge is 0.130 e. The lowest BCUT2D eigenvalue weighted by Crippen LogP contribution is -1.92. The van der Waals surface area contributed by atoms with Crippen LogP contribution in [0.25, 0.3) is 0 Å². The van der Waals surface area contributed by atoms with Crippen molar-refractivity contribution in [2.45, 2.75) is 13.8 Å². The van der Waals surface area contributed by atoms with Gasteiger partial charge in [0.1, 0.15) is 11.5 Å². The predicted molar refractivity (Wildman–Crippen MR) is 55.8 cm³/mol. The van der Waals surface area contributed by atoms with Crippen molar-refractivity contribution in [3.05, 3.63) is 54.3 Å². The van der Waals surface area contributed by atoms with Crippen LogP contribution >= 0.6 is 0 Å². The molecular formula is C12H14O. The molecule has 0 aliphatic rings. The van der Waals surface area contributed by atoms with Gasteiger partial charge in [0, 0.05) is 0 Å². The van der Waals surface area contributed by atoms with Gasteiger partial charge in [0.15, 0.2) is 0 Å². The van der Waals surface area contributed by atoms with Gasteiger partial charge < -0.3 is 4.74 Å². The van der Waals surface area contributed by atoms with E-state index in [1.165, 1.54) is 0 Å². The minimum atomic E-state index is 0.786. The zero-order valence-corrected chi connectivity index (χ0v) is 8.08. The highest BCUT2D eigenvalue weighted by Gasteiger charge is 1.98. The van der Waals surface area contributed by atoms with E-state index in [0.717, 1.165) is 17.1 Å². The van der Waals surface area contributed by atoms with Crippen molar-refractivity contribution in [1.82, 2.24) is 0 Å². The number of para-hydroxylation sites is 1. The maximum absolute atomic E-state index is 5.59. The van der Waals surface area contributed by atoms with E-state index >= 15 is 0 Å². The molecule has 0 spiro atoms. The molecule has 0 bridgehead atoms. The zero-order chi connectivity index (χ0) is 9.68. The summed E-state index contributed by atoms with van der Waals surface area (Å²) in [5, 5.41) is 0. The van der Waals surface area contributed by atoms with Crippen molar-refractivity contribution in [3.63, 3.8) is 0 Å². The van der Waals surface area contributed by atoms with Crippen LogP contribution in [0.3, 0.4) is 0 Å². The Morgan fingerprint density at radius 2 is 2.08 bits per heavy atom. The minimum absolute atomic E-state index is 0.786. The first kappa shape index (κ1) is 9.59. The van der Waals surface area contributed by atoms with Crippen LogP contribution in [-0.2, 0) is 0 Å². The maximum atomic E-state index is 5.59. The molecule has 0 atom stereocenters. The van der Waals surface area contributed by atoms with Gasteiger partial charge in [0.05, 0.1) is 0 Å². The summed E-state index contributed by atoms with van der Waals surface area (Å²) in [4.78, 5) is 0. The molecule has 13 heavy (non-hydrogen) atoms. The second-order valence-electron chi connectivity index (χ2n) is 2.76. The normalized spacial score (nSPS) is 11.1. The average Bonchev–Trinajstić information content (AvgIpc) is 2.17. The molecule has 0 saturated heterocycles. The lowest BCUT2D eigenvalue weighted by atomic mass is 10.2. The van der Waals surface area contributed by atoms with Crippen LogP contribution in [0.15, 0.2) is 48.8 Å². The van der Waals surface area contributed by atoms with E-state index in [1.54, 1.807) is 6.08 Å². The molecule has 0 saturated carbocycles. The molecule has 1 heteroatoms. The van der Waals surface area contributed by atoms with Gasteiger partial charge in [-0.1, -0.05) is 24.8 Å². The second-order valence-corrected chi connectivity index (χ2v) is 2.76. The van der Waals surface area contributed by atoms with Gasteiger partial charge in [0.25, 0.3) is 0 Å². The Morgan fingerprint density at radius 1 is 1.38 bits per heavy atom. The Morgan fingerprint density at radius 3 is 2.62 bits per heavy atom. The van der Waals surface area contributed by atoms with E-state index in [9.17, 15) is 0 Å². The van der Waals surface area contributed by atoms with E-state index < -0.39 is 0 Å². The van der Waals surface area contributed by atoms with Gasteiger partial charge >= 0.3 is 0 Å². The Balaban J connectivity index is 2.85. The van der Waals surface area contributed by atoms with Gasteiger partial charge in [-0.25, -0.2) is 0 Å². The van der Waals surface area contributed by atoms with E-state index in [4.69, 9.17) is 4.74 Å². The average molecular weight is 174 g/mol. The van der Waals surface area contributed by atoms with Gasteiger partial charge in [-0.2, -0.15) is 0 Å². The molecular weight excluding hydrogens is 160 g/mol. The third-order valence-corrected chi connectivity index (χ3v) is 1.81. The van der Waals surface area contributed by atoms with Crippen molar-refractivity contribution in [1.29, 1.82) is 0 Å². The van der Waals surface area contributed by atoms with E-state index in [-0.39, 0.29) is 0 Å². The van der Waals surface area contributed by atoms with Crippen molar-refractivity contribution in [2.24, 2.45) is 0 Å². The van der Waals surface area contributed by atoms with Crippen LogP contribution in [0.4, 0.5) is 0 Å². The second kappa shape index (κ2) is 4.51. The quantitative estimate of drug-likeness (QED) is 0.503. The molecule has 0 aromatic heterocycles. The number of benzene rings is 1. The van der Waals surface area contributed by atoms with Crippen LogP contribution < -0.4 is 4.74 Å². The molecule has 0 aliphatic heterocycles. The molecule has 0 N–H and O–H groups in total. The summed E-state index contributed by atoms with van der Waals surface area (Å²) in [5.74, 6) is 1.67. The number of allylic oxidation sites excluding steroid dienone is 2. The van der Waals surface area contributed by atoms with Crippen LogP contribution in [0.1, 0.15) is 12.5 Å².